The third-order valence-electron chi connectivity index (χ3n) is 5.59. The highest BCUT2D eigenvalue weighted by Crippen LogP contribution is 2.52. The standard InChI is InChI=1S/C20H21FN2O3S/c21-14-4-6-15(7-5-14)27-9-1-8-22-16(24)11-23-19(25)17-12-2-3-13(10-12)18(17)20(23)26/h2-7,12-13,17-18H,1,8-11H2,(H,22,24). The van der Waals surface area contributed by atoms with Crippen LogP contribution >= 0.6 is 11.8 Å². The Bertz CT molecular complexity index is 765. The summed E-state index contributed by atoms with van der Waals surface area (Å²) in [7, 11) is 0. The molecule has 5 nitrogen and oxygen atoms in total. The molecule has 27 heavy (non-hydrogen) atoms. The van der Waals surface area contributed by atoms with Gasteiger partial charge < -0.3 is 5.32 Å². The molecule has 142 valence electrons. The summed E-state index contributed by atoms with van der Waals surface area (Å²) in [6, 6.07) is 6.29. The largest absolute Gasteiger partial charge is 0.355 e. The van der Waals surface area contributed by atoms with Crippen LogP contribution in [-0.4, -0.2) is 41.5 Å². The number of carbonyl (C=O) groups is 3. The van der Waals surface area contributed by atoms with E-state index in [0.717, 1.165) is 28.4 Å². The van der Waals surface area contributed by atoms with Gasteiger partial charge in [-0.2, -0.15) is 0 Å². The van der Waals surface area contributed by atoms with Crippen molar-refractivity contribution in [3.05, 3.63) is 42.2 Å². The van der Waals surface area contributed by atoms with Crippen LogP contribution < -0.4 is 5.32 Å². The lowest BCUT2D eigenvalue weighted by Gasteiger charge is -2.16. The van der Waals surface area contributed by atoms with E-state index in [2.05, 4.69) is 5.32 Å². The van der Waals surface area contributed by atoms with Gasteiger partial charge in [0.1, 0.15) is 12.4 Å². The number of fused-ring (bicyclic) bond motifs is 5. The van der Waals surface area contributed by atoms with Crippen LogP contribution in [0.4, 0.5) is 4.39 Å². The van der Waals surface area contributed by atoms with Gasteiger partial charge in [0.15, 0.2) is 0 Å². The molecule has 1 aromatic carbocycles. The molecule has 1 saturated carbocycles. The molecule has 4 rings (SSSR count). The first kappa shape index (κ1) is 18.2. The maximum atomic E-state index is 12.8. The molecule has 2 aliphatic carbocycles. The van der Waals surface area contributed by atoms with Crippen LogP contribution in [0.1, 0.15) is 12.8 Å². The Morgan fingerprint density at radius 1 is 1.11 bits per heavy atom. The van der Waals surface area contributed by atoms with Crippen molar-refractivity contribution in [2.24, 2.45) is 23.7 Å². The molecule has 4 unspecified atom stereocenters. The van der Waals surface area contributed by atoms with Gasteiger partial charge in [-0.05, 0) is 54.7 Å². The first-order valence-corrected chi connectivity index (χ1v) is 10.2. The van der Waals surface area contributed by atoms with Gasteiger partial charge >= 0.3 is 0 Å². The lowest BCUT2D eigenvalue weighted by molar-refractivity contribution is -0.144. The number of nitrogens with one attached hydrogen (secondary N) is 1. The summed E-state index contributed by atoms with van der Waals surface area (Å²) in [6.07, 6.45) is 5.71. The Balaban J connectivity index is 1.19. The van der Waals surface area contributed by atoms with Gasteiger partial charge in [-0.15, -0.1) is 11.8 Å². The van der Waals surface area contributed by atoms with Crippen molar-refractivity contribution in [3.63, 3.8) is 0 Å². The van der Waals surface area contributed by atoms with Gasteiger partial charge in [-0.1, -0.05) is 12.2 Å². The quantitative estimate of drug-likeness (QED) is 0.337. The number of benzene rings is 1. The van der Waals surface area contributed by atoms with E-state index in [1.807, 2.05) is 12.2 Å². The van der Waals surface area contributed by atoms with Crippen molar-refractivity contribution < 1.29 is 18.8 Å². The number of carbonyl (C=O) groups excluding carboxylic acids is 3. The summed E-state index contributed by atoms with van der Waals surface area (Å²) < 4.78 is 12.8. The first-order valence-electron chi connectivity index (χ1n) is 9.23. The highest BCUT2D eigenvalue weighted by atomic mass is 32.2. The highest BCUT2D eigenvalue weighted by molar-refractivity contribution is 7.99. The van der Waals surface area contributed by atoms with Crippen LogP contribution in [0.3, 0.4) is 0 Å². The average molecular weight is 388 g/mol. The minimum absolute atomic E-state index is 0.160. The summed E-state index contributed by atoms with van der Waals surface area (Å²) in [4.78, 5) is 39.3. The van der Waals surface area contributed by atoms with Gasteiger partial charge in [0.2, 0.25) is 17.7 Å². The SMILES string of the molecule is O=C(CN1C(=O)C2C3C=CC(C3)C2C1=O)NCCCSc1ccc(F)cc1. The van der Waals surface area contributed by atoms with Gasteiger partial charge in [0, 0.05) is 11.4 Å². The van der Waals surface area contributed by atoms with Crippen molar-refractivity contribution in [2.45, 2.75) is 17.7 Å². The van der Waals surface area contributed by atoms with E-state index in [1.165, 1.54) is 12.1 Å². The number of hydrogen-bond acceptors (Lipinski definition) is 4. The van der Waals surface area contributed by atoms with Crippen LogP contribution in [-0.2, 0) is 14.4 Å². The Labute approximate surface area is 161 Å². The first-order chi connectivity index (χ1) is 13.0. The van der Waals surface area contributed by atoms with Crippen LogP contribution in [0.2, 0.25) is 0 Å². The fraction of sp³-hybridized carbons (Fsp3) is 0.450. The minimum Gasteiger partial charge on any atom is -0.355 e. The summed E-state index contributed by atoms with van der Waals surface area (Å²) in [5, 5.41) is 2.78. The lowest BCUT2D eigenvalue weighted by atomic mass is 9.85. The minimum atomic E-state index is -0.302. The smallest absolute Gasteiger partial charge is 0.240 e. The molecule has 3 amide bonds. The van der Waals surface area contributed by atoms with Crippen molar-refractivity contribution in [1.29, 1.82) is 0 Å². The summed E-state index contributed by atoms with van der Waals surface area (Å²) in [5.74, 6) is -0.352. The summed E-state index contributed by atoms with van der Waals surface area (Å²) in [5.41, 5.74) is 0. The zero-order valence-corrected chi connectivity index (χ0v) is 15.6. The molecule has 2 bridgehead atoms. The topological polar surface area (TPSA) is 66.5 Å². The van der Waals surface area contributed by atoms with E-state index >= 15 is 0 Å². The van der Waals surface area contributed by atoms with Gasteiger partial charge in [-0.25, -0.2) is 4.39 Å². The van der Waals surface area contributed by atoms with Crippen LogP contribution in [0.5, 0.6) is 0 Å². The number of nitrogens with zero attached hydrogens (tertiary/aromatic N) is 1. The molecule has 0 spiro atoms. The van der Waals surface area contributed by atoms with Gasteiger partial charge in [0.05, 0.1) is 11.8 Å². The maximum Gasteiger partial charge on any atom is 0.240 e. The van der Waals surface area contributed by atoms with E-state index in [0.29, 0.717) is 6.54 Å². The number of halogens is 1. The van der Waals surface area contributed by atoms with E-state index in [4.69, 9.17) is 0 Å². The van der Waals surface area contributed by atoms with E-state index in [9.17, 15) is 18.8 Å². The lowest BCUT2D eigenvalue weighted by Crippen LogP contribution is -2.42. The average Bonchev–Trinajstić information content (AvgIpc) is 3.33. The number of imide groups is 1. The fourth-order valence-electron chi connectivity index (χ4n) is 4.34. The van der Waals surface area contributed by atoms with Crippen molar-refractivity contribution in [2.75, 3.05) is 18.8 Å². The molecule has 1 heterocycles. The predicted molar refractivity (Wildman–Crippen MR) is 99.2 cm³/mol. The Hall–Kier alpha value is -2.15. The Kier molecular flexibility index (Phi) is 5.04. The predicted octanol–water partition coefficient (Wildman–Crippen LogP) is 2.23. The number of rotatable bonds is 7. The third kappa shape index (κ3) is 3.52. The van der Waals surface area contributed by atoms with E-state index < -0.39 is 0 Å². The molecule has 1 saturated heterocycles. The van der Waals surface area contributed by atoms with Gasteiger partial charge in [0.25, 0.3) is 0 Å². The zero-order chi connectivity index (χ0) is 19.0. The molecule has 2 fully saturated rings. The normalized spacial score (nSPS) is 28.1. The second-order valence-corrected chi connectivity index (χ2v) is 8.44. The molecule has 4 atom stereocenters. The van der Waals surface area contributed by atoms with E-state index in [-0.39, 0.29) is 53.8 Å². The Morgan fingerprint density at radius 2 is 1.74 bits per heavy atom. The molecule has 0 radical (unpaired) electrons. The highest BCUT2D eigenvalue weighted by Gasteiger charge is 2.59. The van der Waals surface area contributed by atoms with Crippen LogP contribution in [0, 0.1) is 29.5 Å². The van der Waals surface area contributed by atoms with Crippen molar-refractivity contribution in [1.82, 2.24) is 10.2 Å². The molecule has 7 heteroatoms. The zero-order valence-electron chi connectivity index (χ0n) is 14.8. The molecule has 3 aliphatic rings. The summed E-state index contributed by atoms with van der Waals surface area (Å²) in [6.45, 7) is 0.290. The number of amides is 3. The number of allylic oxidation sites excluding steroid dienone is 2. The molecular weight excluding hydrogens is 367 g/mol. The summed E-state index contributed by atoms with van der Waals surface area (Å²) >= 11 is 1.59. The van der Waals surface area contributed by atoms with Gasteiger partial charge in [-0.3, -0.25) is 19.3 Å². The second kappa shape index (κ2) is 7.46. The molecular formula is C20H21FN2O3S. The fourth-order valence-corrected chi connectivity index (χ4v) is 5.19. The third-order valence-corrected chi connectivity index (χ3v) is 6.69. The van der Waals surface area contributed by atoms with Crippen molar-refractivity contribution >= 4 is 29.5 Å². The monoisotopic (exact) mass is 388 g/mol. The maximum absolute atomic E-state index is 12.8. The molecule has 1 N–H and O–H groups in total. The van der Waals surface area contributed by atoms with Crippen LogP contribution in [0.25, 0.3) is 0 Å². The number of hydrogen-bond donors (Lipinski definition) is 1. The van der Waals surface area contributed by atoms with E-state index in [1.54, 1.807) is 23.9 Å². The Morgan fingerprint density at radius 3 is 2.37 bits per heavy atom. The number of likely N-dealkylation sites (tertiary alicyclic amines) is 1. The molecule has 1 aromatic rings. The molecule has 1 aliphatic heterocycles. The second-order valence-electron chi connectivity index (χ2n) is 7.27. The molecule has 0 aromatic heterocycles. The number of thioether (sulfide) groups is 1. The van der Waals surface area contributed by atoms with Crippen LogP contribution in [0.15, 0.2) is 41.3 Å². The van der Waals surface area contributed by atoms with Crippen molar-refractivity contribution in [3.8, 4) is 0 Å².